The van der Waals surface area contributed by atoms with Gasteiger partial charge in [0.25, 0.3) is 0 Å². The van der Waals surface area contributed by atoms with E-state index in [0.717, 1.165) is 0 Å². The van der Waals surface area contributed by atoms with Crippen molar-refractivity contribution in [2.45, 2.75) is 167 Å². The van der Waals surface area contributed by atoms with Crippen LogP contribution >= 0.6 is 47.0 Å². The molecule has 8 nitrogen and oxygen atoms in total. The predicted molar refractivity (Wildman–Crippen MR) is 283 cm³/mol. The Morgan fingerprint density at radius 2 is 0.456 bits per heavy atom. The van der Waals surface area contributed by atoms with Crippen molar-refractivity contribution in [2.24, 2.45) is 47.3 Å². The molecular weight excluding hydrogens is 913 g/mol. The first-order chi connectivity index (χ1) is 33.7. The van der Waals surface area contributed by atoms with E-state index in [4.69, 9.17) is 0 Å². The minimum atomic E-state index is 0.213. The first-order valence-corrected chi connectivity index (χ1v) is 30.1. The van der Waals surface area contributed by atoms with Gasteiger partial charge in [-0.25, -0.2) is 0 Å². The zero-order chi connectivity index (χ0) is 45.0. The molecule has 0 radical (unpaired) electrons. The molecule has 0 aromatic heterocycles. The summed E-state index contributed by atoms with van der Waals surface area (Å²) in [5.74, 6) is 4.24. The molecule has 4 saturated carbocycles. The lowest BCUT2D eigenvalue weighted by Crippen LogP contribution is -2.62. The Morgan fingerprint density at radius 1 is 0.250 bits per heavy atom. The number of rotatable bonds is 8. The van der Waals surface area contributed by atoms with Crippen LogP contribution in [0.15, 0.2) is 141 Å². The van der Waals surface area contributed by atoms with E-state index in [1.807, 2.05) is 0 Å². The second-order valence-corrected chi connectivity index (χ2v) is 27.0. The van der Waals surface area contributed by atoms with Crippen molar-refractivity contribution in [2.75, 3.05) is 0 Å². The predicted octanol–water partition coefficient (Wildman–Crippen LogP) is 9.69. The smallest absolute Gasteiger partial charge is 0.0639 e. The van der Waals surface area contributed by atoms with Gasteiger partial charge in [-0.15, -0.1) is 47.0 Å². The van der Waals surface area contributed by atoms with Crippen LogP contribution in [-0.4, -0.2) is 70.3 Å². The van der Waals surface area contributed by atoms with E-state index in [0.29, 0.717) is 68.3 Å². The van der Waals surface area contributed by atoms with Crippen LogP contribution in [0.25, 0.3) is 0 Å². The van der Waals surface area contributed by atoms with Crippen molar-refractivity contribution < 1.29 is 0 Å². The highest BCUT2D eigenvalue weighted by atomic mass is 32.2. The molecule has 0 spiro atoms. The number of benzene rings is 4. The van der Waals surface area contributed by atoms with Gasteiger partial charge in [-0.05, 0) is 124 Å². The molecule has 8 bridgehead atoms. The molecule has 12 heteroatoms. The highest BCUT2D eigenvalue weighted by molar-refractivity contribution is 8.00. The van der Waals surface area contributed by atoms with Gasteiger partial charge < -0.3 is 0 Å². The fourth-order valence-electron chi connectivity index (χ4n) is 15.3. The van der Waals surface area contributed by atoms with Crippen LogP contribution in [0.3, 0.4) is 0 Å². The van der Waals surface area contributed by atoms with Crippen molar-refractivity contribution in [3.63, 3.8) is 0 Å². The molecule has 5 aliphatic heterocycles. The molecule has 68 heavy (non-hydrogen) atoms. The van der Waals surface area contributed by atoms with E-state index in [1.54, 1.807) is 0 Å². The topological polar surface area (TPSA) is 96.2 Å². The van der Waals surface area contributed by atoms with Crippen LogP contribution < -0.4 is 42.5 Å². The van der Waals surface area contributed by atoms with Gasteiger partial charge in [-0.3, -0.25) is 42.5 Å². The maximum absolute atomic E-state index is 4.51. The molecule has 9 fully saturated rings. The van der Waals surface area contributed by atoms with Gasteiger partial charge in [0, 0.05) is 64.3 Å². The molecule has 9 aliphatic rings. The Balaban J connectivity index is 0.882. The summed E-state index contributed by atoms with van der Waals surface area (Å²) in [6.07, 6.45) is 17.1. The first-order valence-electron chi connectivity index (χ1n) is 26.6. The summed E-state index contributed by atoms with van der Waals surface area (Å²) >= 11 is 8.60. The average Bonchev–Trinajstić information content (AvgIpc) is 4.12. The van der Waals surface area contributed by atoms with Crippen molar-refractivity contribution in [1.29, 1.82) is 0 Å². The highest BCUT2D eigenvalue weighted by Gasteiger charge is 2.58. The van der Waals surface area contributed by atoms with E-state index in [9.17, 15) is 0 Å². The second-order valence-electron chi connectivity index (χ2n) is 21.7. The molecule has 13 rings (SSSR count). The van der Waals surface area contributed by atoms with Crippen molar-refractivity contribution in [3.8, 4) is 0 Å². The van der Waals surface area contributed by atoms with E-state index >= 15 is 0 Å². The van der Waals surface area contributed by atoms with Crippen LogP contribution in [-0.2, 0) is 0 Å². The van der Waals surface area contributed by atoms with Gasteiger partial charge in [-0.2, -0.15) is 0 Å². The molecule has 0 amide bonds. The average molecular weight is 986 g/mol. The van der Waals surface area contributed by atoms with Gasteiger partial charge in [-0.1, -0.05) is 98.5 Å². The zero-order valence-corrected chi connectivity index (χ0v) is 42.5. The third kappa shape index (κ3) is 9.21. The van der Waals surface area contributed by atoms with Gasteiger partial charge in [0.1, 0.15) is 0 Å². The number of thioether (sulfide) groups is 4. The SMILES string of the molecule is c1ccc(SC2CCCC3C4NC(NC5NC(NC6NC(NC7NC(N4)C4C(Sc8ccccc8)CCCC74)C4C(Sc7ccccc7)CCCC64)C4C(Sc6ccccc6)CCCC54)C23)cc1. The van der Waals surface area contributed by atoms with Gasteiger partial charge in [0.15, 0.2) is 0 Å². The Hall–Kier alpha value is -2.04. The lowest BCUT2D eigenvalue weighted by molar-refractivity contribution is 0.175. The molecule has 8 N–H and O–H groups in total. The standard InChI is InChI=1S/C56H72N8S4/c1-5-17-33(18-6-1)65-41-29-13-25-37-45(41)53-57-49(37)62-54-47-39(27-15-31-43(47)67-35-21-9-3-10-22-35)51(59-54)64-56-48-40(28-16-32-44(48)68-36-23-11-4-12-24-36)52(60-56)63-55-46-38(50(58-55)61-53)26-14-30-42(46)66-34-19-7-2-8-20-34/h1-12,17-24,37-64H,13-16,25-32H2. The Morgan fingerprint density at radius 3 is 0.662 bits per heavy atom. The lowest BCUT2D eigenvalue weighted by Gasteiger charge is -2.41. The second kappa shape index (κ2) is 20.5. The van der Waals surface area contributed by atoms with Crippen LogP contribution in [0.4, 0.5) is 0 Å². The molecular formula is C56H72N8S4. The van der Waals surface area contributed by atoms with E-state index in [1.165, 1.54) is 96.6 Å². The van der Waals surface area contributed by atoms with E-state index < -0.39 is 0 Å². The number of fused-ring (bicyclic) bond motifs is 20. The molecule has 12 unspecified atom stereocenters. The van der Waals surface area contributed by atoms with Gasteiger partial charge >= 0.3 is 0 Å². The molecule has 4 aromatic rings. The fourth-order valence-corrected chi connectivity index (χ4v) is 21.2. The van der Waals surface area contributed by atoms with Crippen molar-refractivity contribution in [3.05, 3.63) is 121 Å². The number of hydrogen-bond acceptors (Lipinski definition) is 12. The first kappa shape index (κ1) is 45.8. The maximum atomic E-state index is 4.51. The Labute approximate surface area is 422 Å². The zero-order valence-electron chi connectivity index (χ0n) is 39.2. The van der Waals surface area contributed by atoms with Crippen molar-refractivity contribution in [1.82, 2.24) is 42.5 Å². The van der Waals surface area contributed by atoms with Crippen molar-refractivity contribution >= 4 is 47.0 Å². The Kier molecular flexibility index (Phi) is 13.8. The third-order valence-corrected chi connectivity index (χ3v) is 23.6. The quantitative estimate of drug-likeness (QED) is 0.0865. The molecule has 5 saturated heterocycles. The van der Waals surface area contributed by atoms with Gasteiger partial charge in [0.05, 0.1) is 49.3 Å². The summed E-state index contributed by atoms with van der Waals surface area (Å²) < 4.78 is 0. The van der Waals surface area contributed by atoms with Crippen LogP contribution in [0.1, 0.15) is 77.0 Å². The molecule has 4 aliphatic carbocycles. The molecule has 5 heterocycles. The normalized spacial score (nSPS) is 42.9. The van der Waals surface area contributed by atoms with Gasteiger partial charge in [0.2, 0.25) is 0 Å². The third-order valence-electron chi connectivity index (χ3n) is 18.0. The van der Waals surface area contributed by atoms with E-state index in [2.05, 4.69) is 211 Å². The number of nitrogens with one attached hydrogen (secondary N) is 8. The minimum Gasteiger partial charge on any atom is -0.286 e. The number of hydrogen-bond donors (Lipinski definition) is 8. The molecule has 360 valence electrons. The summed E-state index contributed by atoms with van der Waals surface area (Å²) in [6, 6.07) is 45.2. The largest absolute Gasteiger partial charge is 0.286 e. The summed E-state index contributed by atoms with van der Waals surface area (Å²) in [6.45, 7) is 0. The van der Waals surface area contributed by atoms with Crippen LogP contribution in [0, 0.1) is 47.3 Å². The van der Waals surface area contributed by atoms with E-state index in [-0.39, 0.29) is 49.3 Å². The fraction of sp³-hybridized carbons (Fsp3) is 0.571. The minimum absolute atomic E-state index is 0.213. The summed E-state index contributed by atoms with van der Waals surface area (Å²) in [5.41, 5.74) is 0. The molecule has 4 aromatic carbocycles. The van der Waals surface area contributed by atoms with Crippen LogP contribution in [0.2, 0.25) is 0 Å². The summed E-state index contributed by atoms with van der Waals surface area (Å²) in [5, 5.41) is 37.9. The molecule has 12 atom stereocenters. The lowest BCUT2D eigenvalue weighted by atomic mass is 9.76. The summed E-state index contributed by atoms with van der Waals surface area (Å²) in [4.78, 5) is 5.64. The highest BCUT2D eigenvalue weighted by Crippen LogP contribution is 2.52. The summed E-state index contributed by atoms with van der Waals surface area (Å²) in [7, 11) is 0. The maximum Gasteiger partial charge on any atom is 0.0639 e. The van der Waals surface area contributed by atoms with Crippen LogP contribution in [0.5, 0.6) is 0 Å². The Bertz CT molecular complexity index is 1950. The monoisotopic (exact) mass is 984 g/mol.